The Kier molecular flexibility index (Phi) is 17.1. The molecule has 2 saturated heterocycles. The molecule has 20 nitrogen and oxygen atoms in total. The van der Waals surface area contributed by atoms with Crippen molar-refractivity contribution in [3.8, 4) is 11.4 Å². The normalized spacial score (nSPS) is 22.3. The lowest BCUT2D eigenvalue weighted by Gasteiger charge is -2.52. The van der Waals surface area contributed by atoms with Crippen LogP contribution in [0.5, 0.6) is 0 Å². The van der Waals surface area contributed by atoms with Crippen LogP contribution in [0.25, 0.3) is 23.5 Å². The summed E-state index contributed by atoms with van der Waals surface area (Å²) >= 11 is 12.5. The summed E-state index contributed by atoms with van der Waals surface area (Å²) in [6, 6.07) is 34.8. The molecule has 0 spiro atoms. The predicted molar refractivity (Wildman–Crippen MR) is 304 cm³/mol. The molecule has 4 amide bonds. The number of carbonyl (C=O) groups excluding carboxylic acids is 4. The van der Waals surface area contributed by atoms with Gasteiger partial charge >= 0.3 is 11.9 Å². The van der Waals surface area contributed by atoms with Crippen molar-refractivity contribution in [2.24, 2.45) is 5.41 Å². The number of benzene rings is 5. The minimum absolute atomic E-state index is 0.0698. The largest absolute Gasteiger partial charge is 0.481 e. The monoisotopic (exact) mass is 1150 g/mol. The van der Waals surface area contributed by atoms with Gasteiger partial charge in [0.15, 0.2) is 5.21 Å². The number of hydrogen-bond donors (Lipinski definition) is 5. The summed E-state index contributed by atoms with van der Waals surface area (Å²) in [7, 11) is 0. The summed E-state index contributed by atoms with van der Waals surface area (Å²) in [5.41, 5.74) is 4.27. The van der Waals surface area contributed by atoms with E-state index in [2.05, 4.69) is 41.7 Å². The molecule has 22 heteroatoms. The Balaban J connectivity index is 0.000000184. The van der Waals surface area contributed by atoms with Crippen LogP contribution in [0, 0.1) is 5.41 Å². The standard InChI is InChI=1S/C31H33ClN6O4.C29H25ClN6O4/c32-23-9-10-25(38-20-33-35-36-38)22(19-23)8-11-26(39)37-18-4-7-24(21-5-2-1-3-6-21)27(37)28(40)34-31-15-12-30(13-16-31,14-17-31)29(41)42;30-23-10-14-25(36-18-31-33-34-36)21(16-23)9-15-27(37)35-17-22(19-4-2-1-3-5-19)8-13-26(35)28(38)32-24-11-6-20(7-12-24)29(39)40/h1-3,5-6,8-11,19-20,24,27H,4,7,12-18H2,(H2,34,40,41,42);1-7,9-12,14-16,18,22,26H,8,13,17H2,(H,32,38)(H,39,40)/p+1/b11-8+;15-9+/t24-,27-,30?,31?;/m0./s1. The van der Waals surface area contributed by atoms with Gasteiger partial charge in [-0.3, -0.25) is 24.0 Å². The van der Waals surface area contributed by atoms with Crippen molar-refractivity contribution >= 4 is 76.6 Å². The van der Waals surface area contributed by atoms with E-state index in [1.807, 2.05) is 66.7 Å². The molecule has 5 aliphatic rings. The highest BCUT2D eigenvalue weighted by molar-refractivity contribution is 6.31. The number of carboxylic acids is 2. The molecule has 5 N–H and O–H groups in total. The van der Waals surface area contributed by atoms with E-state index in [0.29, 0.717) is 90.6 Å². The van der Waals surface area contributed by atoms with Crippen LogP contribution >= 0.6 is 23.2 Å². The van der Waals surface area contributed by atoms with Gasteiger partial charge in [-0.05, 0) is 159 Å². The van der Waals surface area contributed by atoms with Gasteiger partial charge in [0.1, 0.15) is 29.2 Å². The van der Waals surface area contributed by atoms with Crippen LogP contribution in [0.1, 0.15) is 109 Å². The van der Waals surface area contributed by atoms with Crippen molar-refractivity contribution in [3.05, 3.63) is 184 Å². The van der Waals surface area contributed by atoms with Gasteiger partial charge in [-0.15, -0.1) is 9.78 Å². The molecule has 82 heavy (non-hydrogen) atoms. The molecule has 2 aromatic heterocycles. The van der Waals surface area contributed by atoms with Crippen LogP contribution in [0.15, 0.2) is 146 Å². The summed E-state index contributed by atoms with van der Waals surface area (Å²) < 4.78 is 3.09. The van der Waals surface area contributed by atoms with Crippen molar-refractivity contribution in [2.75, 3.05) is 18.4 Å². The molecule has 2 unspecified atom stereocenters. The van der Waals surface area contributed by atoms with Gasteiger partial charge in [0.25, 0.3) is 6.33 Å². The molecule has 0 radical (unpaired) electrons. The number of amides is 4. The third-order valence-corrected chi connectivity index (χ3v) is 16.8. The number of rotatable bonds is 14. The number of hydrogen-bond acceptors (Lipinski definition) is 11. The zero-order chi connectivity index (χ0) is 57.4. The Bertz CT molecular complexity index is 3490. The minimum atomic E-state index is -1.05. The van der Waals surface area contributed by atoms with Gasteiger partial charge in [-0.1, -0.05) is 89.1 Å². The molecule has 12 rings (SSSR count). The highest BCUT2D eigenvalue weighted by Gasteiger charge is 2.54. The Morgan fingerprint density at radius 3 is 1.98 bits per heavy atom. The number of nitrogens with one attached hydrogen (secondary N) is 3. The number of anilines is 1. The molecule has 4 heterocycles. The van der Waals surface area contributed by atoms with Crippen LogP contribution in [0.4, 0.5) is 5.69 Å². The zero-order valence-electron chi connectivity index (χ0n) is 44.4. The van der Waals surface area contributed by atoms with Crippen LogP contribution in [-0.2, 0) is 24.0 Å². The van der Waals surface area contributed by atoms with Gasteiger partial charge in [0.05, 0.1) is 16.7 Å². The summed E-state index contributed by atoms with van der Waals surface area (Å²) in [5.74, 6) is -2.97. The second-order valence-electron chi connectivity index (χ2n) is 21.2. The number of aromatic carboxylic acids is 1. The molecule has 4 atom stereocenters. The first-order valence-corrected chi connectivity index (χ1v) is 27.8. The van der Waals surface area contributed by atoms with Gasteiger partial charge in [0, 0.05) is 69.5 Å². The van der Waals surface area contributed by atoms with E-state index in [9.17, 15) is 33.9 Å². The van der Waals surface area contributed by atoms with E-state index < -0.39 is 35.0 Å². The molecular weight excluding hydrogens is 1090 g/mol. The van der Waals surface area contributed by atoms with E-state index >= 15 is 0 Å². The quantitative estimate of drug-likeness (QED) is 0.0508. The molecular formula is C60H59Cl2N12O8+. The molecule has 7 aromatic rings. The maximum absolute atomic E-state index is 14.2. The number of carbonyl (C=O) groups is 6. The Labute approximate surface area is 481 Å². The molecule has 3 aliphatic carbocycles. The van der Waals surface area contributed by atoms with Crippen LogP contribution in [-0.4, -0.2) is 122 Å². The summed E-state index contributed by atoms with van der Waals surface area (Å²) in [6.45, 7) is 0.819. The Hall–Kier alpha value is -8.88. The first kappa shape index (κ1) is 56.4. The molecule has 5 fully saturated rings. The smallest absolute Gasteiger partial charge is 0.335 e. The lowest BCUT2D eigenvalue weighted by molar-refractivity contribution is -0.660. The SMILES string of the molecule is O=C(NC12CCC(C(=O)O)(CC1)CC2)[C@@H]1[C@H](c2ccccc2)CCCN1C(=O)/C=C/c1cc(Cl)ccc1-[n+]1cnn[nH]1.O=C(O)c1ccc(NC(=O)C2CCC(c3ccccc3)CN2C(=O)/C=C/c2cc(Cl)ccc2-n2cnnn2)cc1. The molecule has 420 valence electrons. The number of aliphatic carboxylic acids is 1. The second-order valence-corrected chi connectivity index (χ2v) is 22.1. The van der Waals surface area contributed by atoms with Crippen molar-refractivity contribution in [1.82, 2.24) is 50.8 Å². The molecule has 5 aromatic carbocycles. The summed E-state index contributed by atoms with van der Waals surface area (Å²) in [5, 5.41) is 47.7. The van der Waals surface area contributed by atoms with Crippen molar-refractivity contribution in [3.63, 3.8) is 0 Å². The first-order valence-electron chi connectivity index (χ1n) is 27.1. The molecule has 3 saturated carbocycles. The van der Waals surface area contributed by atoms with E-state index in [1.165, 1.54) is 53.8 Å². The van der Waals surface area contributed by atoms with E-state index in [0.717, 1.165) is 36.1 Å². The average Bonchev–Trinajstić information content (AvgIpc) is 4.34. The highest BCUT2D eigenvalue weighted by atomic mass is 35.5. The number of tetrazole rings is 2. The van der Waals surface area contributed by atoms with E-state index in [4.69, 9.17) is 28.3 Å². The van der Waals surface area contributed by atoms with Crippen LogP contribution in [0.3, 0.4) is 0 Å². The summed E-state index contributed by atoms with van der Waals surface area (Å²) in [4.78, 5) is 81.4. The van der Waals surface area contributed by atoms with Crippen molar-refractivity contribution in [2.45, 2.75) is 93.7 Å². The Morgan fingerprint density at radius 2 is 1.34 bits per heavy atom. The number of H-pyrrole nitrogens is 1. The minimum Gasteiger partial charge on any atom is -0.481 e. The number of fused-ring (bicyclic) bond motifs is 3. The van der Waals surface area contributed by atoms with E-state index in [-0.39, 0.29) is 41.0 Å². The fraction of sp³-hybridized carbons (Fsp3) is 0.300. The van der Waals surface area contributed by atoms with Crippen molar-refractivity contribution in [1.29, 1.82) is 0 Å². The average molecular weight is 1150 g/mol. The van der Waals surface area contributed by atoms with Gasteiger partial charge in [-0.2, -0.15) is 4.68 Å². The number of halogens is 2. The number of aromatic amines is 1. The third-order valence-electron chi connectivity index (χ3n) is 16.4. The van der Waals surface area contributed by atoms with Crippen LogP contribution in [0.2, 0.25) is 10.0 Å². The number of aromatic nitrogens is 8. The zero-order valence-corrected chi connectivity index (χ0v) is 45.9. The molecule has 2 bridgehead atoms. The third kappa shape index (κ3) is 12.7. The summed E-state index contributed by atoms with van der Waals surface area (Å²) in [6.07, 6.45) is 15.6. The number of piperidine rings is 2. The van der Waals surface area contributed by atoms with Gasteiger partial charge in [-0.25, -0.2) is 4.79 Å². The predicted octanol–water partition coefficient (Wildman–Crippen LogP) is 8.26. The number of nitrogens with zero attached hydrogens (tertiary/aromatic N) is 9. The molecule has 2 aliphatic heterocycles. The lowest BCUT2D eigenvalue weighted by atomic mass is 9.57. The lowest BCUT2D eigenvalue weighted by Crippen LogP contribution is -2.63. The maximum atomic E-state index is 14.2. The Morgan fingerprint density at radius 1 is 0.695 bits per heavy atom. The van der Waals surface area contributed by atoms with Gasteiger partial charge in [0.2, 0.25) is 23.6 Å². The highest BCUT2D eigenvalue weighted by Crippen LogP contribution is 2.53. The van der Waals surface area contributed by atoms with Crippen molar-refractivity contribution < 1.29 is 43.7 Å². The fourth-order valence-electron chi connectivity index (χ4n) is 11.9. The topological polar surface area (TPSA) is 262 Å². The van der Waals surface area contributed by atoms with Gasteiger partial charge < -0.3 is 30.6 Å². The second kappa shape index (κ2) is 24.9. The first-order chi connectivity index (χ1) is 39.7. The van der Waals surface area contributed by atoms with E-state index in [1.54, 1.807) is 57.0 Å². The number of carboxylic acid groups (broad SMARTS) is 2. The number of likely N-dealkylation sites (tertiary alicyclic amines) is 2. The fourth-order valence-corrected chi connectivity index (χ4v) is 12.2. The maximum Gasteiger partial charge on any atom is 0.335 e. The van der Waals surface area contributed by atoms with Crippen LogP contribution < -0.4 is 15.3 Å².